The predicted molar refractivity (Wildman–Crippen MR) is 167 cm³/mol. The van der Waals surface area contributed by atoms with E-state index in [0.717, 1.165) is 72.9 Å². The number of nitrogens with zero attached hydrogens (tertiary/aromatic N) is 5. The fraction of sp³-hybridized carbons (Fsp3) is 0.276. The standard InChI is InChI=1S/C29H30ClN7O2S2/c1-3-5-15-38-21-11-7-19(8-12-21)23-17-40-28(31-23)36-26-33-25(30)34-27(35-26)37-29-32-24(18-41-29)20-9-13-22(14-10-20)39-16-6-4-2/h7-14,17-18H,3-6,15-16H2,1-2H3,(H2,31,32,33,34,35,36,37). The number of hydrogen-bond acceptors (Lipinski definition) is 11. The van der Waals surface area contributed by atoms with Crippen LogP contribution in [-0.4, -0.2) is 38.1 Å². The zero-order valence-electron chi connectivity index (χ0n) is 22.8. The maximum absolute atomic E-state index is 6.21. The fourth-order valence-corrected chi connectivity index (χ4v) is 5.28. The van der Waals surface area contributed by atoms with E-state index in [-0.39, 0.29) is 17.2 Å². The van der Waals surface area contributed by atoms with E-state index in [1.807, 2.05) is 59.3 Å². The molecule has 41 heavy (non-hydrogen) atoms. The third-order valence-corrected chi connectivity index (χ3v) is 7.57. The second-order valence-corrected chi connectivity index (χ2v) is 11.1. The van der Waals surface area contributed by atoms with Crippen LogP contribution < -0.4 is 20.1 Å². The number of unbranched alkanes of at least 4 members (excludes halogenated alkanes) is 2. The van der Waals surface area contributed by atoms with Crippen LogP contribution in [0.3, 0.4) is 0 Å². The van der Waals surface area contributed by atoms with Crippen LogP contribution >= 0.6 is 34.3 Å². The van der Waals surface area contributed by atoms with Gasteiger partial charge in [-0.15, -0.1) is 22.7 Å². The minimum Gasteiger partial charge on any atom is -0.494 e. The molecule has 9 nitrogen and oxygen atoms in total. The molecule has 2 aromatic carbocycles. The van der Waals surface area contributed by atoms with Crippen molar-refractivity contribution in [2.45, 2.75) is 39.5 Å². The molecule has 0 atom stereocenters. The first-order valence-electron chi connectivity index (χ1n) is 13.4. The maximum Gasteiger partial charge on any atom is 0.235 e. The van der Waals surface area contributed by atoms with E-state index < -0.39 is 0 Å². The molecule has 0 fully saturated rings. The van der Waals surface area contributed by atoms with Crippen LogP contribution in [0, 0.1) is 0 Å². The molecule has 5 rings (SSSR count). The highest BCUT2D eigenvalue weighted by Crippen LogP contribution is 2.30. The van der Waals surface area contributed by atoms with Gasteiger partial charge in [0.15, 0.2) is 10.3 Å². The number of rotatable bonds is 14. The van der Waals surface area contributed by atoms with Crippen molar-refractivity contribution in [2.75, 3.05) is 23.8 Å². The van der Waals surface area contributed by atoms with Crippen LogP contribution in [0.5, 0.6) is 11.5 Å². The highest BCUT2D eigenvalue weighted by molar-refractivity contribution is 7.14. The predicted octanol–water partition coefficient (Wildman–Crippen LogP) is 8.62. The van der Waals surface area contributed by atoms with Crippen molar-refractivity contribution in [3.05, 3.63) is 64.6 Å². The van der Waals surface area contributed by atoms with Crippen LogP contribution in [-0.2, 0) is 0 Å². The lowest BCUT2D eigenvalue weighted by atomic mass is 10.2. The summed E-state index contributed by atoms with van der Waals surface area (Å²) in [5.41, 5.74) is 3.66. The summed E-state index contributed by atoms with van der Waals surface area (Å²) >= 11 is 9.10. The van der Waals surface area contributed by atoms with Crippen LogP contribution in [0.25, 0.3) is 22.5 Å². The number of ether oxygens (including phenoxy) is 2. The molecule has 0 aliphatic carbocycles. The van der Waals surface area contributed by atoms with E-state index in [0.29, 0.717) is 10.3 Å². The van der Waals surface area contributed by atoms with Crippen LogP contribution in [0.4, 0.5) is 22.2 Å². The van der Waals surface area contributed by atoms with Crippen molar-refractivity contribution in [3.63, 3.8) is 0 Å². The van der Waals surface area contributed by atoms with Crippen molar-refractivity contribution < 1.29 is 9.47 Å². The van der Waals surface area contributed by atoms with Crippen molar-refractivity contribution >= 4 is 56.4 Å². The Morgan fingerprint density at radius 2 is 1.07 bits per heavy atom. The molecule has 2 N–H and O–H groups in total. The fourth-order valence-electron chi connectivity index (χ4n) is 3.69. The Morgan fingerprint density at radius 1 is 0.634 bits per heavy atom. The van der Waals surface area contributed by atoms with Gasteiger partial charge in [0, 0.05) is 21.9 Å². The van der Waals surface area contributed by atoms with Gasteiger partial charge in [-0.05, 0) is 73.0 Å². The first kappa shape index (κ1) is 28.7. The monoisotopic (exact) mass is 607 g/mol. The van der Waals surface area contributed by atoms with Gasteiger partial charge in [0.1, 0.15) is 11.5 Å². The number of thiazole rings is 2. The Hall–Kier alpha value is -3.80. The third kappa shape index (κ3) is 8.12. The van der Waals surface area contributed by atoms with Gasteiger partial charge >= 0.3 is 0 Å². The molecule has 3 heterocycles. The van der Waals surface area contributed by atoms with Gasteiger partial charge in [-0.1, -0.05) is 26.7 Å². The number of aromatic nitrogens is 5. The lowest BCUT2D eigenvalue weighted by Crippen LogP contribution is -2.03. The number of benzene rings is 2. The second-order valence-electron chi connectivity index (χ2n) is 9.03. The Bertz CT molecular complexity index is 1430. The molecule has 12 heteroatoms. The second kappa shape index (κ2) is 14.2. The molecule has 0 aliphatic rings. The van der Waals surface area contributed by atoms with E-state index in [2.05, 4.69) is 49.4 Å². The topological polar surface area (TPSA) is 107 Å². The maximum atomic E-state index is 6.21. The quantitative estimate of drug-likeness (QED) is 0.120. The summed E-state index contributed by atoms with van der Waals surface area (Å²) in [5, 5.41) is 11.5. The normalized spacial score (nSPS) is 10.9. The zero-order valence-corrected chi connectivity index (χ0v) is 25.2. The molecule has 0 aliphatic heterocycles. The molecule has 0 unspecified atom stereocenters. The molecular weight excluding hydrogens is 578 g/mol. The van der Waals surface area contributed by atoms with Crippen LogP contribution in [0.2, 0.25) is 5.28 Å². The summed E-state index contributed by atoms with van der Waals surface area (Å²) in [6, 6.07) is 15.8. The van der Waals surface area contributed by atoms with Crippen LogP contribution in [0.15, 0.2) is 59.3 Å². The molecular formula is C29H30ClN7O2S2. The Balaban J connectivity index is 1.21. The van der Waals surface area contributed by atoms with E-state index in [1.165, 1.54) is 22.7 Å². The first-order chi connectivity index (χ1) is 20.1. The Morgan fingerprint density at radius 3 is 1.49 bits per heavy atom. The molecule has 0 saturated heterocycles. The molecule has 3 aromatic heterocycles. The van der Waals surface area contributed by atoms with E-state index in [1.54, 1.807) is 0 Å². The van der Waals surface area contributed by atoms with Gasteiger partial charge in [0.05, 0.1) is 24.6 Å². The number of anilines is 4. The van der Waals surface area contributed by atoms with Crippen molar-refractivity contribution in [2.24, 2.45) is 0 Å². The average molecular weight is 608 g/mol. The van der Waals surface area contributed by atoms with Gasteiger partial charge in [-0.2, -0.15) is 15.0 Å². The summed E-state index contributed by atoms with van der Waals surface area (Å²) in [6.45, 7) is 5.73. The molecule has 5 aromatic rings. The van der Waals surface area contributed by atoms with Crippen molar-refractivity contribution in [1.29, 1.82) is 0 Å². The Labute approximate surface area is 252 Å². The molecule has 212 valence electrons. The summed E-state index contributed by atoms with van der Waals surface area (Å²) < 4.78 is 11.5. The van der Waals surface area contributed by atoms with Crippen LogP contribution in [0.1, 0.15) is 39.5 Å². The SMILES string of the molecule is CCCCOc1ccc(-c2csc(Nc3nc(Cl)nc(Nc4nc(-c5ccc(OCCCC)cc5)cs4)n3)n2)cc1. The van der Waals surface area contributed by atoms with E-state index >= 15 is 0 Å². The molecule has 0 radical (unpaired) electrons. The molecule has 0 spiro atoms. The number of halogens is 1. The Kier molecular flexibility index (Phi) is 9.95. The highest BCUT2D eigenvalue weighted by atomic mass is 35.5. The molecule has 0 saturated carbocycles. The van der Waals surface area contributed by atoms with E-state index in [9.17, 15) is 0 Å². The number of hydrogen-bond donors (Lipinski definition) is 2. The van der Waals surface area contributed by atoms with Gasteiger partial charge in [0.2, 0.25) is 17.2 Å². The largest absolute Gasteiger partial charge is 0.494 e. The zero-order chi connectivity index (χ0) is 28.4. The van der Waals surface area contributed by atoms with Gasteiger partial charge in [-0.3, -0.25) is 10.6 Å². The van der Waals surface area contributed by atoms with Crippen molar-refractivity contribution in [1.82, 2.24) is 24.9 Å². The van der Waals surface area contributed by atoms with E-state index in [4.69, 9.17) is 21.1 Å². The minimum atomic E-state index is 0.0517. The van der Waals surface area contributed by atoms with Gasteiger partial charge < -0.3 is 9.47 Å². The van der Waals surface area contributed by atoms with Gasteiger partial charge in [0.25, 0.3) is 0 Å². The lowest BCUT2D eigenvalue weighted by molar-refractivity contribution is 0.309. The number of nitrogens with one attached hydrogen (secondary N) is 2. The summed E-state index contributed by atoms with van der Waals surface area (Å²) in [7, 11) is 0. The first-order valence-corrected chi connectivity index (χ1v) is 15.6. The highest BCUT2D eigenvalue weighted by Gasteiger charge is 2.12. The third-order valence-electron chi connectivity index (χ3n) is 5.89. The summed E-state index contributed by atoms with van der Waals surface area (Å²) in [6.07, 6.45) is 4.28. The average Bonchev–Trinajstić information content (AvgIpc) is 3.64. The summed E-state index contributed by atoms with van der Waals surface area (Å²) in [4.78, 5) is 22.2. The minimum absolute atomic E-state index is 0.0517. The smallest absolute Gasteiger partial charge is 0.235 e. The lowest BCUT2D eigenvalue weighted by Gasteiger charge is -2.06. The molecule has 0 amide bonds. The summed E-state index contributed by atoms with van der Waals surface area (Å²) in [5.74, 6) is 2.27. The van der Waals surface area contributed by atoms with Crippen molar-refractivity contribution in [3.8, 4) is 34.0 Å². The molecule has 0 bridgehead atoms. The van der Waals surface area contributed by atoms with Gasteiger partial charge in [-0.25, -0.2) is 9.97 Å².